The topological polar surface area (TPSA) is 223 Å². The van der Waals surface area contributed by atoms with Crippen molar-refractivity contribution in [3.05, 3.63) is 221 Å². The number of hydrogen-bond acceptors (Lipinski definition) is 12. The number of aryl methyl sites for hydroxylation is 3. The monoisotopic (exact) mass is 1410 g/mol. The largest absolute Gasteiger partial charge is 0.321 e. The lowest BCUT2D eigenvalue weighted by molar-refractivity contribution is 0.224. The maximum atomic E-state index is 13.3. The zero-order valence-electron chi connectivity index (χ0n) is 60.0. The van der Waals surface area contributed by atoms with Crippen molar-refractivity contribution in [1.29, 1.82) is 0 Å². The molecular formula is C84H92N12O3S3. The fraction of sp³-hybridized carbons (Fsp3) is 0.345. The van der Waals surface area contributed by atoms with Gasteiger partial charge in [0.05, 0.1) is 16.7 Å². The molecule has 3 aliphatic carbocycles. The van der Waals surface area contributed by atoms with Crippen LogP contribution in [0.25, 0.3) is 110 Å². The Bertz CT molecular complexity index is 5050. The molecule has 0 amide bonds. The molecule has 9 heterocycles. The van der Waals surface area contributed by atoms with Crippen molar-refractivity contribution < 1.29 is 0 Å². The molecule has 0 aliphatic heterocycles. The molecule has 15 nitrogen and oxygen atoms in total. The summed E-state index contributed by atoms with van der Waals surface area (Å²) in [7, 11) is 0. The first-order valence-corrected chi connectivity index (χ1v) is 38.7. The number of benzene rings is 3. The van der Waals surface area contributed by atoms with E-state index in [1.807, 2.05) is 0 Å². The second-order valence-corrected chi connectivity index (χ2v) is 32.7. The molecule has 1 fully saturated rings. The van der Waals surface area contributed by atoms with Gasteiger partial charge in [-0.2, -0.15) is 15.3 Å². The summed E-state index contributed by atoms with van der Waals surface area (Å²) in [5.41, 5.74) is 16.8. The van der Waals surface area contributed by atoms with Crippen LogP contribution >= 0.6 is 34.0 Å². The van der Waals surface area contributed by atoms with Gasteiger partial charge in [0, 0.05) is 63.0 Å². The van der Waals surface area contributed by atoms with E-state index < -0.39 is 0 Å². The summed E-state index contributed by atoms with van der Waals surface area (Å²) in [5, 5.41) is 20.4. The molecule has 0 spiro atoms. The Morgan fingerprint density at radius 1 is 0.461 bits per heavy atom. The summed E-state index contributed by atoms with van der Waals surface area (Å²) in [6.45, 7) is 20.5. The minimum Gasteiger partial charge on any atom is -0.321 e. The molecule has 3 aliphatic rings. The zero-order valence-corrected chi connectivity index (χ0v) is 62.4. The van der Waals surface area contributed by atoms with Crippen LogP contribution in [0, 0.1) is 22.7 Å². The second-order valence-electron chi connectivity index (χ2n) is 29.2. The lowest BCUT2D eigenvalue weighted by Gasteiger charge is -2.34. The van der Waals surface area contributed by atoms with Crippen LogP contribution in [0.5, 0.6) is 0 Å². The molecule has 0 bridgehead atoms. The van der Waals surface area contributed by atoms with E-state index in [4.69, 9.17) is 0 Å². The third-order valence-corrected chi connectivity index (χ3v) is 24.7. The smallest absolute Gasteiger partial charge is 0.260 e. The van der Waals surface area contributed by atoms with Gasteiger partial charge in [0.2, 0.25) is 0 Å². The maximum Gasteiger partial charge on any atom is 0.260 e. The van der Waals surface area contributed by atoms with Gasteiger partial charge in [-0.1, -0.05) is 160 Å². The van der Waals surface area contributed by atoms with Crippen LogP contribution in [0.4, 0.5) is 0 Å². The van der Waals surface area contributed by atoms with Gasteiger partial charge in [-0.15, -0.1) is 34.0 Å². The zero-order chi connectivity index (χ0) is 71.1. The normalized spacial score (nSPS) is 16.2. The van der Waals surface area contributed by atoms with Crippen LogP contribution in [0.2, 0.25) is 0 Å². The number of aromatic amines is 6. The molecule has 12 aromatic rings. The standard InChI is InChI=1S/C29H32N4OS.C28H30N4OS.C27H30N4OS/c1-5-22-14-15-25(35-22)23-16-24(32-28(34)26(23)27-30-17-31-33-27)20-8-6-18(7-9-20)19-10-12-21(13-11-19)29(2,3)4;1-3-5-18-6-8-19(9-7-18)20-10-12-21(13-11-20)24-16-23(25-15-14-22(4-2)34-25)26(28(33)31-24)27-29-17-30-32-27;1-4-20-9-10-23(33-20)21-15-22(30-26(32)24(21)25-28-16-29-31-25)19-7-5-17(6-8-19)18-11-13-27(2,3)14-12-18/h6-10,14-17,21H,5,11-13H2,1-4H3,(H,32,34)(H,30,31,33);8,10-18H,3-7,9H2,1-2H3,(H,31,33)(H,29,30,32);5-10,15-16,18H,4,11-14H2,1-3H3,(H,30,32)(H,28,29,31). The third kappa shape index (κ3) is 16.2. The van der Waals surface area contributed by atoms with Crippen molar-refractivity contribution in [2.75, 3.05) is 0 Å². The van der Waals surface area contributed by atoms with Crippen LogP contribution in [-0.4, -0.2) is 60.5 Å². The van der Waals surface area contributed by atoms with Gasteiger partial charge in [0.1, 0.15) is 19.0 Å². The second kappa shape index (κ2) is 31.4. The Balaban J connectivity index is 0.000000137. The lowest BCUT2D eigenvalue weighted by Crippen LogP contribution is -2.21. The lowest BCUT2D eigenvalue weighted by atomic mass is 9.71. The maximum absolute atomic E-state index is 13.3. The Labute approximate surface area is 609 Å². The highest BCUT2D eigenvalue weighted by atomic mass is 32.1. The van der Waals surface area contributed by atoms with E-state index in [1.165, 1.54) is 119 Å². The summed E-state index contributed by atoms with van der Waals surface area (Å²) >= 11 is 5.14. The minimum atomic E-state index is -0.173. The first-order valence-electron chi connectivity index (χ1n) is 36.3. The van der Waals surface area contributed by atoms with Crippen molar-refractivity contribution in [3.8, 4) is 99.3 Å². The first kappa shape index (κ1) is 70.9. The molecule has 0 radical (unpaired) electrons. The van der Waals surface area contributed by atoms with Gasteiger partial charge in [0.15, 0.2) is 17.5 Å². The quantitative estimate of drug-likeness (QED) is 0.0509. The molecular weight excluding hydrogens is 1320 g/mol. The Morgan fingerprint density at radius 2 is 0.833 bits per heavy atom. The predicted octanol–water partition coefficient (Wildman–Crippen LogP) is 21.3. The number of hydrogen-bond donors (Lipinski definition) is 6. The molecule has 524 valence electrons. The van der Waals surface area contributed by atoms with Gasteiger partial charge >= 0.3 is 0 Å². The van der Waals surface area contributed by atoms with E-state index >= 15 is 0 Å². The number of aromatic nitrogens is 12. The van der Waals surface area contributed by atoms with Crippen LogP contribution in [0.1, 0.15) is 177 Å². The molecule has 3 aromatic carbocycles. The number of nitrogens with zero attached hydrogens (tertiary/aromatic N) is 6. The number of rotatable bonds is 17. The molecule has 9 aromatic heterocycles. The van der Waals surface area contributed by atoms with E-state index in [-0.39, 0.29) is 16.7 Å². The average molecular weight is 1410 g/mol. The number of allylic oxidation sites excluding steroid dienone is 4. The Kier molecular flexibility index (Phi) is 21.8. The van der Waals surface area contributed by atoms with Crippen molar-refractivity contribution in [2.24, 2.45) is 22.7 Å². The highest BCUT2D eigenvalue weighted by molar-refractivity contribution is 7.16. The average Bonchev–Trinajstić information content (AvgIpc) is 1.36. The number of H-pyrrole nitrogens is 6. The fourth-order valence-electron chi connectivity index (χ4n) is 14.6. The summed E-state index contributed by atoms with van der Waals surface area (Å²) in [6.07, 6.45) is 26.8. The molecule has 18 heteroatoms. The molecule has 2 unspecified atom stereocenters. The van der Waals surface area contributed by atoms with Crippen LogP contribution in [0.3, 0.4) is 0 Å². The van der Waals surface area contributed by atoms with Crippen LogP contribution in [-0.2, 0) is 19.3 Å². The summed E-state index contributed by atoms with van der Waals surface area (Å²) in [5.74, 6) is 3.66. The minimum absolute atomic E-state index is 0.163. The van der Waals surface area contributed by atoms with E-state index in [2.05, 4.69) is 262 Å². The molecule has 0 saturated heterocycles. The van der Waals surface area contributed by atoms with E-state index in [0.717, 1.165) is 115 Å². The number of nitrogens with one attached hydrogen (secondary N) is 6. The van der Waals surface area contributed by atoms with E-state index in [9.17, 15) is 14.4 Å². The van der Waals surface area contributed by atoms with Gasteiger partial charge in [-0.3, -0.25) is 29.7 Å². The van der Waals surface area contributed by atoms with E-state index in [0.29, 0.717) is 50.9 Å². The van der Waals surface area contributed by atoms with Gasteiger partial charge in [-0.05, 0) is 211 Å². The molecule has 1 saturated carbocycles. The van der Waals surface area contributed by atoms with Crippen molar-refractivity contribution in [2.45, 2.75) is 165 Å². The highest BCUT2D eigenvalue weighted by Crippen LogP contribution is 2.45. The Morgan fingerprint density at radius 3 is 1.15 bits per heavy atom. The summed E-state index contributed by atoms with van der Waals surface area (Å²) in [4.78, 5) is 68.7. The summed E-state index contributed by atoms with van der Waals surface area (Å²) < 4.78 is 0. The first-order chi connectivity index (χ1) is 49.4. The van der Waals surface area contributed by atoms with Gasteiger partial charge < -0.3 is 15.0 Å². The molecule has 102 heavy (non-hydrogen) atoms. The molecule has 2 atom stereocenters. The van der Waals surface area contributed by atoms with Crippen molar-refractivity contribution in [3.63, 3.8) is 0 Å². The third-order valence-electron chi connectivity index (χ3n) is 20.9. The summed E-state index contributed by atoms with van der Waals surface area (Å²) in [6, 6.07) is 44.8. The Hall–Kier alpha value is -9.49. The highest BCUT2D eigenvalue weighted by Gasteiger charge is 2.30. The SMILES string of the molecule is CCCC1CC=C(c2ccc(-c3cc(-c4ccc(CC)s4)c(-c4ncn[nH]4)c(=O)[nH]3)cc2)CC1.CCc1ccc(-c2cc(-c3ccc(C4=CCC(C(C)(C)C)CC4)cc3)[nH]c(=O)c2-c2ncn[nH]2)s1.CCc1ccc(-c2cc(-c3ccc(C4CCC(C)(C)CC4)cc3)[nH]c(=O)c2-c2ncn[nH]2)s1. The van der Waals surface area contributed by atoms with Crippen molar-refractivity contribution >= 4 is 45.2 Å². The van der Waals surface area contributed by atoms with Gasteiger partial charge in [0.25, 0.3) is 16.7 Å². The number of pyridine rings is 3. The van der Waals surface area contributed by atoms with Crippen molar-refractivity contribution in [1.82, 2.24) is 60.5 Å². The predicted molar refractivity (Wildman–Crippen MR) is 422 cm³/mol. The molecule has 6 N–H and O–H groups in total. The van der Waals surface area contributed by atoms with E-state index in [1.54, 1.807) is 34.0 Å². The number of thiophene rings is 3. The van der Waals surface area contributed by atoms with Crippen LogP contribution < -0.4 is 16.7 Å². The van der Waals surface area contributed by atoms with Gasteiger partial charge in [-0.25, -0.2) is 15.0 Å². The molecule has 15 rings (SSSR count). The fourth-order valence-corrected chi connectivity index (χ4v) is 17.6. The van der Waals surface area contributed by atoms with Crippen LogP contribution in [0.15, 0.2) is 173 Å².